The number of ether oxygens (including phenoxy) is 2. The van der Waals surface area contributed by atoms with Gasteiger partial charge >= 0.3 is 0 Å². The van der Waals surface area contributed by atoms with Crippen LogP contribution in [0.4, 0.5) is 0 Å². The Kier molecular flexibility index (Phi) is 6.23. The topological polar surface area (TPSA) is 30.5 Å². The molecule has 1 atom stereocenters. The van der Waals surface area contributed by atoms with Gasteiger partial charge < -0.3 is 14.8 Å². The minimum atomic E-state index is 0.107. The van der Waals surface area contributed by atoms with Crippen LogP contribution in [0.3, 0.4) is 0 Å². The van der Waals surface area contributed by atoms with E-state index in [0.29, 0.717) is 11.6 Å². The standard InChI is InChI=1S/C12H18ClNO2/c1-10(9-14-6-7-15-2)16-12-5-3-4-11(13)8-12/h3-5,8,10,14H,6-7,9H2,1-2H3. The molecule has 0 spiro atoms. The van der Waals surface area contributed by atoms with E-state index in [0.717, 1.165) is 18.8 Å². The maximum absolute atomic E-state index is 5.86. The summed E-state index contributed by atoms with van der Waals surface area (Å²) in [6, 6.07) is 7.42. The van der Waals surface area contributed by atoms with Gasteiger partial charge in [-0.1, -0.05) is 17.7 Å². The van der Waals surface area contributed by atoms with E-state index in [4.69, 9.17) is 21.1 Å². The van der Waals surface area contributed by atoms with E-state index in [1.54, 1.807) is 7.11 Å². The van der Waals surface area contributed by atoms with Crippen LogP contribution >= 0.6 is 11.6 Å². The molecule has 0 bridgehead atoms. The van der Waals surface area contributed by atoms with Crippen molar-refractivity contribution in [2.24, 2.45) is 0 Å². The highest BCUT2D eigenvalue weighted by atomic mass is 35.5. The largest absolute Gasteiger partial charge is 0.489 e. The van der Waals surface area contributed by atoms with Gasteiger partial charge in [0.1, 0.15) is 11.9 Å². The number of hydrogen-bond donors (Lipinski definition) is 1. The van der Waals surface area contributed by atoms with Crippen LogP contribution in [-0.4, -0.2) is 32.9 Å². The number of benzene rings is 1. The first-order valence-electron chi connectivity index (χ1n) is 5.34. The molecule has 0 heterocycles. The first kappa shape index (κ1) is 13.3. The number of hydrogen-bond acceptors (Lipinski definition) is 3. The van der Waals surface area contributed by atoms with E-state index in [1.165, 1.54) is 0 Å². The van der Waals surface area contributed by atoms with Crippen LogP contribution in [0, 0.1) is 0 Å². The van der Waals surface area contributed by atoms with Crippen molar-refractivity contribution < 1.29 is 9.47 Å². The third-order valence-electron chi connectivity index (χ3n) is 2.05. The Balaban J connectivity index is 2.25. The lowest BCUT2D eigenvalue weighted by Crippen LogP contribution is -2.31. The average molecular weight is 244 g/mol. The molecular formula is C12H18ClNO2. The van der Waals surface area contributed by atoms with Crippen molar-refractivity contribution >= 4 is 11.6 Å². The predicted octanol–water partition coefficient (Wildman–Crippen LogP) is 2.34. The molecule has 90 valence electrons. The van der Waals surface area contributed by atoms with Crippen LogP contribution in [0.25, 0.3) is 0 Å². The van der Waals surface area contributed by atoms with E-state index in [1.807, 2.05) is 31.2 Å². The third kappa shape index (κ3) is 5.35. The van der Waals surface area contributed by atoms with Gasteiger partial charge in [-0.3, -0.25) is 0 Å². The Morgan fingerprint density at radius 2 is 2.25 bits per heavy atom. The van der Waals surface area contributed by atoms with Gasteiger partial charge in [-0.05, 0) is 25.1 Å². The minimum absolute atomic E-state index is 0.107. The lowest BCUT2D eigenvalue weighted by molar-refractivity contribution is 0.184. The second-order valence-electron chi connectivity index (χ2n) is 3.58. The van der Waals surface area contributed by atoms with Gasteiger partial charge in [0.15, 0.2) is 0 Å². The van der Waals surface area contributed by atoms with E-state index in [2.05, 4.69) is 5.32 Å². The van der Waals surface area contributed by atoms with Gasteiger partial charge in [0, 0.05) is 25.2 Å². The lowest BCUT2D eigenvalue weighted by Gasteiger charge is -2.15. The first-order chi connectivity index (χ1) is 7.72. The monoisotopic (exact) mass is 243 g/mol. The molecule has 0 fully saturated rings. The number of halogens is 1. The molecule has 3 nitrogen and oxygen atoms in total. The van der Waals surface area contributed by atoms with Crippen LogP contribution in [0.2, 0.25) is 5.02 Å². The summed E-state index contributed by atoms with van der Waals surface area (Å²) in [6.45, 7) is 4.35. The highest BCUT2D eigenvalue weighted by molar-refractivity contribution is 6.30. The molecule has 1 rings (SSSR count). The van der Waals surface area contributed by atoms with Crippen molar-refractivity contribution in [1.29, 1.82) is 0 Å². The van der Waals surface area contributed by atoms with Crippen LogP contribution in [0.1, 0.15) is 6.92 Å². The van der Waals surface area contributed by atoms with Crippen LogP contribution < -0.4 is 10.1 Å². The van der Waals surface area contributed by atoms with Gasteiger partial charge in [0.2, 0.25) is 0 Å². The molecule has 0 radical (unpaired) electrons. The van der Waals surface area contributed by atoms with Crippen molar-refractivity contribution in [2.75, 3.05) is 26.8 Å². The van der Waals surface area contributed by atoms with Crippen molar-refractivity contribution in [3.8, 4) is 5.75 Å². The second-order valence-corrected chi connectivity index (χ2v) is 4.02. The molecule has 0 aliphatic rings. The normalized spacial score (nSPS) is 12.4. The minimum Gasteiger partial charge on any atom is -0.489 e. The van der Waals surface area contributed by atoms with Crippen molar-refractivity contribution in [2.45, 2.75) is 13.0 Å². The summed E-state index contributed by atoms with van der Waals surface area (Å²) < 4.78 is 10.6. The number of nitrogens with one attached hydrogen (secondary N) is 1. The lowest BCUT2D eigenvalue weighted by atomic mass is 10.3. The molecular weight excluding hydrogens is 226 g/mol. The molecule has 16 heavy (non-hydrogen) atoms. The summed E-state index contributed by atoms with van der Waals surface area (Å²) in [5, 5.41) is 3.93. The Hall–Kier alpha value is -0.770. The maximum Gasteiger partial charge on any atom is 0.121 e. The fraction of sp³-hybridized carbons (Fsp3) is 0.500. The van der Waals surface area contributed by atoms with E-state index >= 15 is 0 Å². The van der Waals surface area contributed by atoms with Crippen LogP contribution in [-0.2, 0) is 4.74 Å². The van der Waals surface area contributed by atoms with Crippen LogP contribution in [0.15, 0.2) is 24.3 Å². The van der Waals surface area contributed by atoms with E-state index < -0.39 is 0 Å². The summed E-state index contributed by atoms with van der Waals surface area (Å²) in [6.07, 6.45) is 0.107. The zero-order valence-corrected chi connectivity index (χ0v) is 10.5. The summed E-state index contributed by atoms with van der Waals surface area (Å²) in [5.41, 5.74) is 0. The fourth-order valence-electron chi connectivity index (χ4n) is 1.29. The van der Waals surface area contributed by atoms with Crippen molar-refractivity contribution in [1.82, 2.24) is 5.32 Å². The molecule has 0 saturated carbocycles. The molecule has 0 amide bonds. The Bertz CT molecular complexity index is 307. The Morgan fingerprint density at radius 1 is 1.44 bits per heavy atom. The van der Waals surface area contributed by atoms with Gasteiger partial charge in [-0.25, -0.2) is 0 Å². The van der Waals surface area contributed by atoms with E-state index in [9.17, 15) is 0 Å². The van der Waals surface area contributed by atoms with Crippen LogP contribution in [0.5, 0.6) is 5.75 Å². The molecule has 0 saturated heterocycles. The SMILES string of the molecule is COCCNCC(C)Oc1cccc(Cl)c1. The quantitative estimate of drug-likeness (QED) is 0.746. The summed E-state index contributed by atoms with van der Waals surface area (Å²) in [7, 11) is 1.69. The zero-order valence-electron chi connectivity index (χ0n) is 9.70. The van der Waals surface area contributed by atoms with Gasteiger partial charge in [0.05, 0.1) is 6.61 Å². The van der Waals surface area contributed by atoms with Gasteiger partial charge in [-0.15, -0.1) is 0 Å². The molecule has 0 aromatic heterocycles. The molecule has 0 aliphatic heterocycles. The van der Waals surface area contributed by atoms with Gasteiger partial charge in [0.25, 0.3) is 0 Å². The molecule has 1 unspecified atom stereocenters. The molecule has 1 aromatic carbocycles. The predicted molar refractivity (Wildman–Crippen MR) is 66.3 cm³/mol. The molecule has 4 heteroatoms. The highest BCUT2D eigenvalue weighted by Crippen LogP contribution is 2.17. The smallest absolute Gasteiger partial charge is 0.121 e. The first-order valence-corrected chi connectivity index (χ1v) is 5.72. The zero-order chi connectivity index (χ0) is 11.8. The second kappa shape index (κ2) is 7.49. The third-order valence-corrected chi connectivity index (χ3v) is 2.28. The fourth-order valence-corrected chi connectivity index (χ4v) is 1.47. The maximum atomic E-state index is 5.86. The van der Waals surface area contributed by atoms with E-state index in [-0.39, 0.29) is 6.10 Å². The summed E-state index contributed by atoms with van der Waals surface area (Å²) >= 11 is 5.86. The molecule has 1 aromatic rings. The summed E-state index contributed by atoms with van der Waals surface area (Å²) in [5.74, 6) is 0.800. The highest BCUT2D eigenvalue weighted by Gasteiger charge is 2.03. The van der Waals surface area contributed by atoms with Gasteiger partial charge in [-0.2, -0.15) is 0 Å². The van der Waals surface area contributed by atoms with Crippen molar-refractivity contribution in [3.63, 3.8) is 0 Å². The molecule has 0 aliphatic carbocycles. The van der Waals surface area contributed by atoms with Crippen molar-refractivity contribution in [3.05, 3.63) is 29.3 Å². The number of methoxy groups -OCH3 is 1. The average Bonchev–Trinajstić information content (AvgIpc) is 2.24. The summed E-state index contributed by atoms with van der Waals surface area (Å²) in [4.78, 5) is 0. The molecule has 1 N–H and O–H groups in total. The number of rotatable bonds is 7. The Labute approximate surface area is 102 Å². The Morgan fingerprint density at radius 3 is 2.94 bits per heavy atom.